The van der Waals surface area contributed by atoms with Gasteiger partial charge in [0.2, 0.25) is 0 Å². The fourth-order valence-corrected chi connectivity index (χ4v) is 1.63. The molecule has 0 heterocycles. The Bertz CT molecular complexity index is 196. The molecule has 0 aliphatic heterocycles. The monoisotopic (exact) mass is 222 g/mol. The van der Waals surface area contributed by atoms with E-state index >= 15 is 0 Å². The van der Waals surface area contributed by atoms with Crippen LogP contribution >= 0.6 is 0 Å². The first kappa shape index (κ1) is 17.5. The molecule has 0 rings (SSSR count). The number of carbonyl (C=O) groups is 1. The number of nitrogens with zero attached hydrogens (tertiary/aromatic N) is 1. The molecule has 3 heteroatoms. The average Bonchev–Trinajstić information content (AvgIpc) is 1.98. The second-order valence-corrected chi connectivity index (χ2v) is 4.90. The number of carbonyl (C=O) groups excluding carboxylic acids is 1. The Kier molecular flexibility index (Phi) is 7.49. The third-order valence-corrected chi connectivity index (χ3v) is 2.91. The summed E-state index contributed by atoms with van der Waals surface area (Å²) in [6, 6.07) is 0. The summed E-state index contributed by atoms with van der Waals surface area (Å²) < 4.78 is 0. The van der Waals surface area contributed by atoms with E-state index in [1.54, 1.807) is 0 Å². The SMILES string of the molecule is [CH2-]C(C(=O)[N-]C)(C(C)C)C(C)(C)C.[K+]. The van der Waals surface area contributed by atoms with Crippen molar-refractivity contribution < 1.29 is 56.2 Å². The van der Waals surface area contributed by atoms with Gasteiger partial charge in [-0.3, -0.25) is 0 Å². The molecule has 1 amide bonds. The number of hydrogen-bond donors (Lipinski definition) is 0. The Morgan fingerprint density at radius 3 is 1.71 bits per heavy atom. The summed E-state index contributed by atoms with van der Waals surface area (Å²) in [7, 11) is 1.54. The van der Waals surface area contributed by atoms with Crippen molar-refractivity contribution in [2.24, 2.45) is 16.7 Å². The number of amides is 1. The Labute approximate surface area is 131 Å². The molecule has 14 heavy (non-hydrogen) atoms. The minimum absolute atomic E-state index is 0. The molecular weight excluding hydrogens is 201 g/mol. The van der Waals surface area contributed by atoms with Crippen LogP contribution in [0.2, 0.25) is 0 Å². The van der Waals surface area contributed by atoms with Gasteiger partial charge in [-0.15, -0.1) is 12.5 Å². The van der Waals surface area contributed by atoms with E-state index in [9.17, 15) is 4.79 Å². The normalized spacial score (nSPS) is 15.7. The van der Waals surface area contributed by atoms with Crippen LogP contribution in [0.4, 0.5) is 0 Å². The Morgan fingerprint density at radius 2 is 1.64 bits per heavy atom. The second-order valence-electron chi connectivity index (χ2n) is 4.90. The van der Waals surface area contributed by atoms with E-state index in [-0.39, 0.29) is 68.6 Å². The molecule has 0 aliphatic rings. The van der Waals surface area contributed by atoms with Gasteiger partial charge < -0.3 is 17.0 Å². The van der Waals surface area contributed by atoms with Crippen molar-refractivity contribution in [3.05, 3.63) is 12.2 Å². The van der Waals surface area contributed by atoms with Crippen molar-refractivity contribution >= 4 is 5.91 Å². The van der Waals surface area contributed by atoms with Crippen LogP contribution in [-0.4, -0.2) is 13.0 Å². The van der Waals surface area contributed by atoms with Gasteiger partial charge in [-0.05, 0) is 0 Å². The van der Waals surface area contributed by atoms with Crippen LogP contribution in [0, 0.1) is 23.7 Å². The first-order valence-electron chi connectivity index (χ1n) is 4.67. The van der Waals surface area contributed by atoms with Crippen LogP contribution in [0.25, 0.3) is 5.32 Å². The molecule has 0 spiro atoms. The Morgan fingerprint density at radius 1 is 1.29 bits per heavy atom. The van der Waals surface area contributed by atoms with Crippen molar-refractivity contribution in [1.29, 1.82) is 0 Å². The van der Waals surface area contributed by atoms with Crippen LogP contribution in [0.1, 0.15) is 34.6 Å². The van der Waals surface area contributed by atoms with Crippen LogP contribution in [-0.2, 0) is 4.79 Å². The van der Waals surface area contributed by atoms with E-state index in [2.05, 4.69) is 12.2 Å². The molecule has 78 valence electrons. The summed E-state index contributed by atoms with van der Waals surface area (Å²) in [5, 5.41) is 3.75. The summed E-state index contributed by atoms with van der Waals surface area (Å²) in [6.07, 6.45) is 0. The molecule has 2 nitrogen and oxygen atoms in total. The van der Waals surface area contributed by atoms with E-state index in [1.165, 1.54) is 7.05 Å². The largest absolute Gasteiger partial charge is 1.00 e. The summed E-state index contributed by atoms with van der Waals surface area (Å²) >= 11 is 0. The summed E-state index contributed by atoms with van der Waals surface area (Å²) in [5.74, 6) is 0.0960. The second kappa shape index (κ2) is 5.99. The predicted molar refractivity (Wildman–Crippen MR) is 56.4 cm³/mol. The zero-order valence-corrected chi connectivity index (χ0v) is 13.8. The summed E-state index contributed by atoms with van der Waals surface area (Å²) in [6.45, 7) is 14.2. The smallest absolute Gasteiger partial charge is 0.658 e. The third kappa shape index (κ3) is 3.31. The molecule has 1 unspecified atom stereocenters. The molecule has 0 N–H and O–H groups in total. The van der Waals surface area contributed by atoms with Crippen LogP contribution in [0.3, 0.4) is 0 Å². The third-order valence-electron chi connectivity index (χ3n) is 2.91. The maximum atomic E-state index is 11.7. The molecule has 0 aromatic heterocycles. The predicted octanol–water partition coefficient (Wildman–Crippen LogP) is 0.0431. The van der Waals surface area contributed by atoms with Crippen molar-refractivity contribution in [1.82, 2.24) is 0 Å². The molecule has 0 aromatic carbocycles. The maximum Gasteiger partial charge on any atom is 1.00 e. The molecule has 0 bridgehead atoms. The quantitative estimate of drug-likeness (QED) is 0.479. The van der Waals surface area contributed by atoms with Crippen molar-refractivity contribution in [3.63, 3.8) is 0 Å². The molecule has 0 aromatic rings. The fraction of sp³-hybridized carbons (Fsp3) is 0.818. The van der Waals surface area contributed by atoms with Gasteiger partial charge in [0.25, 0.3) is 0 Å². The van der Waals surface area contributed by atoms with Gasteiger partial charge in [-0.2, -0.15) is 0 Å². The van der Waals surface area contributed by atoms with Gasteiger partial charge in [-0.1, -0.05) is 46.0 Å². The first-order chi connectivity index (χ1) is 5.67. The molecule has 0 radical (unpaired) electrons. The zero-order valence-electron chi connectivity index (χ0n) is 10.6. The average molecular weight is 222 g/mol. The minimum atomic E-state index is -0.609. The molecule has 0 saturated heterocycles. The van der Waals surface area contributed by atoms with E-state index in [1.807, 2.05) is 34.6 Å². The van der Waals surface area contributed by atoms with Crippen molar-refractivity contribution in [3.8, 4) is 0 Å². The molecular formula is C11H21KNO-. The Hall–Kier alpha value is 1.11. The number of rotatable bonds is 2. The van der Waals surface area contributed by atoms with E-state index < -0.39 is 5.41 Å². The molecule has 0 aliphatic carbocycles. The number of hydrogen-bond acceptors (Lipinski definition) is 1. The van der Waals surface area contributed by atoms with E-state index in [0.717, 1.165) is 0 Å². The van der Waals surface area contributed by atoms with Crippen LogP contribution in [0.5, 0.6) is 0 Å². The molecule has 0 fully saturated rings. The van der Waals surface area contributed by atoms with Gasteiger partial charge in [0.15, 0.2) is 0 Å². The summed E-state index contributed by atoms with van der Waals surface area (Å²) in [4.78, 5) is 11.7. The van der Waals surface area contributed by atoms with Crippen molar-refractivity contribution in [2.75, 3.05) is 7.05 Å². The van der Waals surface area contributed by atoms with Gasteiger partial charge in [0.1, 0.15) is 0 Å². The summed E-state index contributed by atoms with van der Waals surface area (Å²) in [5.41, 5.74) is -0.764. The first-order valence-corrected chi connectivity index (χ1v) is 4.67. The maximum absolute atomic E-state index is 11.7. The standard InChI is InChI=1S/C11H22NO.K/c1-8(2)11(6,9(13)12-7)10(3,4)5;/h8H,6H2,1-5,7H3,(H,12,13);/q-1;+1/p-1. The van der Waals surface area contributed by atoms with Gasteiger partial charge >= 0.3 is 51.4 Å². The molecule has 0 saturated carbocycles. The van der Waals surface area contributed by atoms with Gasteiger partial charge in [0.05, 0.1) is 0 Å². The van der Waals surface area contributed by atoms with Crippen LogP contribution in [0.15, 0.2) is 0 Å². The van der Waals surface area contributed by atoms with Gasteiger partial charge in [0, 0.05) is 5.91 Å². The van der Waals surface area contributed by atoms with Crippen molar-refractivity contribution in [2.45, 2.75) is 34.6 Å². The topological polar surface area (TPSA) is 31.2 Å². The Balaban J connectivity index is 0. The van der Waals surface area contributed by atoms with Gasteiger partial charge in [-0.25, -0.2) is 0 Å². The molecule has 1 atom stereocenters. The zero-order chi connectivity index (χ0) is 10.9. The van der Waals surface area contributed by atoms with E-state index in [4.69, 9.17) is 0 Å². The van der Waals surface area contributed by atoms with E-state index in [0.29, 0.717) is 0 Å². The minimum Gasteiger partial charge on any atom is -0.658 e. The van der Waals surface area contributed by atoms with Crippen LogP contribution < -0.4 is 51.4 Å². The fourth-order valence-electron chi connectivity index (χ4n) is 1.63.